The van der Waals surface area contributed by atoms with E-state index in [1.165, 1.54) is 0 Å². The number of halogens is 5. The number of nitrogens with zero attached hydrogens (tertiary/aromatic N) is 1. The van der Waals surface area contributed by atoms with Crippen molar-refractivity contribution in [1.29, 1.82) is 0 Å². The molecule has 1 N–H and O–H groups in total. The highest BCUT2D eigenvalue weighted by molar-refractivity contribution is 5.51. The molecule has 1 aliphatic heterocycles. The van der Waals surface area contributed by atoms with E-state index in [1.807, 2.05) is 0 Å². The monoisotopic (exact) mass is 253 g/mol. The van der Waals surface area contributed by atoms with E-state index < -0.39 is 40.9 Å². The summed E-state index contributed by atoms with van der Waals surface area (Å²) in [5, 5.41) is 9.19. The average Bonchev–Trinajstić information content (AvgIpc) is 2.71. The summed E-state index contributed by atoms with van der Waals surface area (Å²) in [6, 6.07) is 0. The summed E-state index contributed by atoms with van der Waals surface area (Å²) in [6.45, 7) is -0.113. The Balaban J connectivity index is 2.54. The molecule has 94 valence electrons. The summed E-state index contributed by atoms with van der Waals surface area (Å²) in [7, 11) is 0. The summed E-state index contributed by atoms with van der Waals surface area (Å²) in [4.78, 5) is 0.945. The summed E-state index contributed by atoms with van der Waals surface area (Å²) in [6.07, 6.45) is -0.607. The van der Waals surface area contributed by atoms with Crippen LogP contribution in [0.5, 0.6) is 0 Å². The zero-order chi connectivity index (χ0) is 12.7. The standard InChI is InChI=1S/C10H8F5NO/c11-5-6(12)8(14)10(9(15)7(5)13)16-2-1-4(17)3-16/h4,17H,1-3H2. The second-order valence-electron chi connectivity index (χ2n) is 3.81. The molecule has 17 heavy (non-hydrogen) atoms. The molecule has 0 aliphatic carbocycles. The molecule has 1 aromatic carbocycles. The van der Waals surface area contributed by atoms with Gasteiger partial charge in [0.1, 0.15) is 5.69 Å². The molecule has 2 rings (SSSR count). The highest BCUT2D eigenvalue weighted by atomic mass is 19.2. The first-order chi connectivity index (χ1) is 7.93. The SMILES string of the molecule is OC1CCN(c2c(F)c(F)c(F)c(F)c2F)C1. The zero-order valence-corrected chi connectivity index (χ0v) is 8.48. The van der Waals surface area contributed by atoms with Crippen molar-refractivity contribution in [3.05, 3.63) is 29.1 Å². The maximum atomic E-state index is 13.3. The van der Waals surface area contributed by atoms with Crippen molar-refractivity contribution in [3.8, 4) is 0 Å². The fraction of sp³-hybridized carbons (Fsp3) is 0.400. The van der Waals surface area contributed by atoms with Gasteiger partial charge in [0.15, 0.2) is 23.3 Å². The second-order valence-corrected chi connectivity index (χ2v) is 3.81. The first-order valence-electron chi connectivity index (χ1n) is 4.88. The summed E-state index contributed by atoms with van der Waals surface area (Å²) in [5.74, 6) is -9.85. The van der Waals surface area contributed by atoms with Gasteiger partial charge in [-0.25, -0.2) is 22.0 Å². The van der Waals surface area contributed by atoms with Gasteiger partial charge in [-0.2, -0.15) is 0 Å². The minimum atomic E-state index is -2.18. The van der Waals surface area contributed by atoms with Gasteiger partial charge in [0.25, 0.3) is 0 Å². The molecule has 0 amide bonds. The van der Waals surface area contributed by atoms with Gasteiger partial charge in [0.05, 0.1) is 6.10 Å². The Kier molecular flexibility index (Phi) is 2.94. The van der Waals surface area contributed by atoms with Crippen molar-refractivity contribution in [3.63, 3.8) is 0 Å². The number of aliphatic hydroxyl groups is 1. The molecule has 1 aromatic rings. The van der Waals surface area contributed by atoms with Crippen LogP contribution in [-0.4, -0.2) is 24.3 Å². The van der Waals surface area contributed by atoms with Gasteiger partial charge in [0.2, 0.25) is 5.82 Å². The molecular weight excluding hydrogens is 245 g/mol. The Hall–Kier alpha value is -1.37. The maximum Gasteiger partial charge on any atom is 0.200 e. The van der Waals surface area contributed by atoms with E-state index in [-0.39, 0.29) is 19.5 Å². The third-order valence-corrected chi connectivity index (χ3v) is 2.67. The predicted octanol–water partition coefficient (Wildman–Crippen LogP) is 1.95. The molecule has 1 aliphatic rings. The first kappa shape index (κ1) is 12.1. The summed E-state index contributed by atoms with van der Waals surface area (Å²) < 4.78 is 65.2. The Morgan fingerprint density at radius 1 is 0.882 bits per heavy atom. The van der Waals surface area contributed by atoms with E-state index in [4.69, 9.17) is 0 Å². The van der Waals surface area contributed by atoms with Gasteiger partial charge in [0, 0.05) is 13.1 Å². The van der Waals surface area contributed by atoms with Crippen molar-refractivity contribution in [1.82, 2.24) is 0 Å². The van der Waals surface area contributed by atoms with Crippen molar-refractivity contribution < 1.29 is 27.1 Å². The highest BCUT2D eigenvalue weighted by Gasteiger charge is 2.32. The molecule has 1 atom stereocenters. The first-order valence-corrected chi connectivity index (χ1v) is 4.88. The Bertz CT molecular complexity index is 435. The molecule has 2 nitrogen and oxygen atoms in total. The van der Waals surface area contributed by atoms with E-state index in [2.05, 4.69) is 0 Å². The Morgan fingerprint density at radius 3 is 1.76 bits per heavy atom. The van der Waals surface area contributed by atoms with Crippen LogP contribution in [0.1, 0.15) is 6.42 Å². The van der Waals surface area contributed by atoms with Crippen LogP contribution in [-0.2, 0) is 0 Å². The molecule has 1 saturated heterocycles. The normalized spacial score (nSPS) is 20.1. The number of anilines is 1. The Labute approximate surface area is 93.3 Å². The fourth-order valence-corrected chi connectivity index (χ4v) is 1.82. The van der Waals surface area contributed by atoms with Crippen LogP contribution in [0.3, 0.4) is 0 Å². The van der Waals surface area contributed by atoms with Crippen LogP contribution in [0.25, 0.3) is 0 Å². The van der Waals surface area contributed by atoms with Gasteiger partial charge in [-0.05, 0) is 6.42 Å². The van der Waals surface area contributed by atoms with Crippen LogP contribution in [0, 0.1) is 29.1 Å². The topological polar surface area (TPSA) is 23.5 Å². The second kappa shape index (κ2) is 4.14. The molecule has 1 unspecified atom stereocenters. The van der Waals surface area contributed by atoms with E-state index in [9.17, 15) is 27.1 Å². The van der Waals surface area contributed by atoms with Crippen LogP contribution >= 0.6 is 0 Å². The van der Waals surface area contributed by atoms with E-state index in [1.54, 1.807) is 0 Å². The molecule has 0 aromatic heterocycles. The Morgan fingerprint density at radius 2 is 1.35 bits per heavy atom. The molecule has 0 bridgehead atoms. The molecule has 0 saturated carbocycles. The van der Waals surface area contributed by atoms with Crippen molar-refractivity contribution in [2.75, 3.05) is 18.0 Å². The molecule has 1 fully saturated rings. The highest BCUT2D eigenvalue weighted by Crippen LogP contribution is 2.32. The smallest absolute Gasteiger partial charge is 0.200 e. The maximum absolute atomic E-state index is 13.3. The third-order valence-electron chi connectivity index (χ3n) is 2.67. The number of β-amino-alcohol motifs (C(OH)–C–C–N with tert-alkyl or cyclic N) is 1. The third kappa shape index (κ3) is 1.84. The lowest BCUT2D eigenvalue weighted by Crippen LogP contribution is -2.25. The van der Waals surface area contributed by atoms with E-state index >= 15 is 0 Å². The fourth-order valence-electron chi connectivity index (χ4n) is 1.82. The van der Waals surface area contributed by atoms with Crippen LogP contribution in [0.2, 0.25) is 0 Å². The van der Waals surface area contributed by atoms with Gasteiger partial charge in [-0.3, -0.25) is 0 Å². The lowest BCUT2D eigenvalue weighted by molar-refractivity contribution is 0.198. The zero-order valence-electron chi connectivity index (χ0n) is 8.48. The molecule has 7 heteroatoms. The van der Waals surface area contributed by atoms with Gasteiger partial charge >= 0.3 is 0 Å². The largest absolute Gasteiger partial charge is 0.391 e. The van der Waals surface area contributed by atoms with E-state index in [0.29, 0.717) is 0 Å². The number of hydrogen-bond acceptors (Lipinski definition) is 2. The minimum Gasteiger partial charge on any atom is -0.391 e. The summed E-state index contributed by atoms with van der Waals surface area (Å²) >= 11 is 0. The number of rotatable bonds is 1. The lowest BCUT2D eigenvalue weighted by Gasteiger charge is -2.19. The van der Waals surface area contributed by atoms with Crippen molar-refractivity contribution in [2.24, 2.45) is 0 Å². The average molecular weight is 253 g/mol. The van der Waals surface area contributed by atoms with E-state index in [0.717, 1.165) is 4.90 Å². The molecular formula is C10H8F5NO. The van der Waals surface area contributed by atoms with Gasteiger partial charge in [-0.1, -0.05) is 0 Å². The van der Waals surface area contributed by atoms with Crippen LogP contribution < -0.4 is 4.90 Å². The molecule has 0 spiro atoms. The number of benzene rings is 1. The minimum absolute atomic E-state index is 0.0412. The molecule has 1 heterocycles. The number of hydrogen-bond donors (Lipinski definition) is 1. The van der Waals surface area contributed by atoms with Gasteiger partial charge in [-0.15, -0.1) is 0 Å². The lowest BCUT2D eigenvalue weighted by atomic mass is 10.2. The van der Waals surface area contributed by atoms with Gasteiger partial charge < -0.3 is 10.0 Å². The van der Waals surface area contributed by atoms with Crippen molar-refractivity contribution in [2.45, 2.75) is 12.5 Å². The summed E-state index contributed by atoms with van der Waals surface area (Å²) in [5.41, 5.74) is -0.974. The van der Waals surface area contributed by atoms with Crippen LogP contribution in [0.4, 0.5) is 27.6 Å². The van der Waals surface area contributed by atoms with Crippen molar-refractivity contribution >= 4 is 5.69 Å². The molecule has 0 radical (unpaired) electrons. The number of aliphatic hydroxyl groups excluding tert-OH is 1. The quantitative estimate of drug-likeness (QED) is 0.470. The van der Waals surface area contributed by atoms with Crippen LogP contribution in [0.15, 0.2) is 0 Å². The predicted molar refractivity (Wildman–Crippen MR) is 49.1 cm³/mol.